The van der Waals surface area contributed by atoms with Gasteiger partial charge in [0.1, 0.15) is 19.8 Å². The number of unbranched alkanes of at least 4 members (excludes halogenated alkanes) is 33. The van der Waals surface area contributed by atoms with E-state index in [1.165, 1.54) is 123 Å². The Morgan fingerprint density at radius 3 is 0.901 bits per heavy atom. The number of esters is 3. The minimum Gasteiger partial charge on any atom is -0.464 e. The molecule has 71 heavy (non-hydrogen) atoms. The molecule has 0 saturated carbocycles. The maximum Gasteiger partial charge on any atom is 0.305 e. The average molecular weight is 1020 g/mol. The van der Waals surface area contributed by atoms with Gasteiger partial charge in [-0.1, -0.05) is 211 Å². The molecule has 0 aliphatic carbocycles. The van der Waals surface area contributed by atoms with E-state index >= 15 is 0 Å². The molecule has 0 bridgehead atoms. The van der Waals surface area contributed by atoms with Crippen LogP contribution in [0.2, 0.25) is 0 Å². The third-order valence-corrected chi connectivity index (χ3v) is 15.3. The van der Waals surface area contributed by atoms with Crippen molar-refractivity contribution in [3.05, 3.63) is 36.5 Å². The van der Waals surface area contributed by atoms with E-state index in [2.05, 4.69) is 62.5 Å². The topological polar surface area (TPSA) is 145 Å². The molecule has 1 atom stereocenters. The van der Waals surface area contributed by atoms with Crippen LogP contribution in [-0.4, -0.2) is 68.5 Å². The highest BCUT2D eigenvalue weighted by atomic mass is 32.2. The summed E-state index contributed by atoms with van der Waals surface area (Å²) in [5.41, 5.74) is 0. The molecule has 0 aromatic carbocycles. The van der Waals surface area contributed by atoms with Crippen LogP contribution in [0.5, 0.6) is 0 Å². The van der Waals surface area contributed by atoms with Crippen LogP contribution < -0.4 is 5.32 Å². The number of rotatable bonds is 54. The summed E-state index contributed by atoms with van der Waals surface area (Å²) in [6.07, 6.45) is 58.1. The standard InChI is InChI=1S/C60H111NO9S/c1-5-8-11-14-17-20-23-26-29-32-35-38-41-44-47-50-57(62)68-53-56(61-4)60(71(65,66)67,54-69-58(63)51-48-45-42-39-36-33-30-27-24-21-18-15-12-9-6-2)55-70-59(64)52-49-46-43-40-37-34-31-28-25-22-19-16-13-10-7-3/h26-31,56,61H,5-25,32-55H2,1-4H3,(H,65,66,67). The quantitative estimate of drug-likeness (QED) is 0.0199. The van der Waals surface area contributed by atoms with Gasteiger partial charge in [-0.15, -0.1) is 0 Å². The summed E-state index contributed by atoms with van der Waals surface area (Å²) in [7, 11) is -3.57. The molecule has 2 N–H and O–H groups in total. The summed E-state index contributed by atoms with van der Waals surface area (Å²) < 4.78 is 51.9. The van der Waals surface area contributed by atoms with Crippen molar-refractivity contribution in [3.63, 3.8) is 0 Å². The second-order valence-corrected chi connectivity index (χ2v) is 22.2. The summed E-state index contributed by atoms with van der Waals surface area (Å²) in [6, 6.07) is -1.24. The zero-order chi connectivity index (χ0) is 52.2. The minimum atomic E-state index is -5.05. The average Bonchev–Trinajstić information content (AvgIpc) is 3.35. The molecule has 0 amide bonds. The van der Waals surface area contributed by atoms with Crippen LogP contribution in [0.15, 0.2) is 36.5 Å². The lowest BCUT2D eigenvalue weighted by atomic mass is 10.0. The van der Waals surface area contributed by atoms with Crippen LogP contribution in [0.1, 0.15) is 290 Å². The van der Waals surface area contributed by atoms with E-state index in [-0.39, 0.29) is 19.3 Å². The molecule has 0 aromatic rings. The van der Waals surface area contributed by atoms with E-state index in [0.717, 1.165) is 116 Å². The van der Waals surface area contributed by atoms with Crippen molar-refractivity contribution in [2.45, 2.75) is 301 Å². The lowest BCUT2D eigenvalue weighted by Crippen LogP contribution is -2.62. The fraction of sp³-hybridized carbons (Fsp3) is 0.850. The first-order chi connectivity index (χ1) is 34.6. The molecule has 0 fully saturated rings. The monoisotopic (exact) mass is 1020 g/mol. The smallest absolute Gasteiger partial charge is 0.305 e. The first-order valence-corrected chi connectivity index (χ1v) is 31.1. The van der Waals surface area contributed by atoms with Crippen molar-refractivity contribution in [2.75, 3.05) is 26.9 Å². The van der Waals surface area contributed by atoms with Gasteiger partial charge >= 0.3 is 17.9 Å². The Bertz CT molecular complexity index is 1370. The van der Waals surface area contributed by atoms with E-state index in [4.69, 9.17) is 14.2 Å². The van der Waals surface area contributed by atoms with Gasteiger partial charge in [0.25, 0.3) is 10.1 Å². The summed E-state index contributed by atoms with van der Waals surface area (Å²) in [5, 5.41) is 2.86. The van der Waals surface area contributed by atoms with E-state index < -0.39 is 58.6 Å². The van der Waals surface area contributed by atoms with Gasteiger partial charge < -0.3 is 19.5 Å². The van der Waals surface area contributed by atoms with Crippen LogP contribution in [-0.2, 0) is 38.7 Å². The predicted molar refractivity (Wildman–Crippen MR) is 298 cm³/mol. The second-order valence-electron chi connectivity index (χ2n) is 20.4. The Morgan fingerprint density at radius 2 is 0.648 bits per heavy atom. The molecule has 0 aliphatic heterocycles. The number of hydrogen-bond acceptors (Lipinski definition) is 9. The highest BCUT2D eigenvalue weighted by molar-refractivity contribution is 7.87. The van der Waals surface area contributed by atoms with Crippen molar-refractivity contribution in [3.8, 4) is 0 Å². The number of hydrogen-bond donors (Lipinski definition) is 2. The molecule has 0 aliphatic rings. The zero-order valence-electron chi connectivity index (χ0n) is 46.5. The molecular formula is C60H111NO9S. The van der Waals surface area contributed by atoms with E-state index in [1.54, 1.807) is 0 Å². The van der Waals surface area contributed by atoms with E-state index in [1.807, 2.05) is 0 Å². The lowest BCUT2D eigenvalue weighted by molar-refractivity contribution is -0.152. The van der Waals surface area contributed by atoms with Gasteiger partial charge in [0.15, 0.2) is 4.75 Å². The fourth-order valence-electron chi connectivity index (χ4n) is 8.89. The molecule has 0 rings (SSSR count). The number of carbonyl (C=O) groups is 3. The van der Waals surface area contributed by atoms with E-state index in [0.29, 0.717) is 19.3 Å². The fourth-order valence-corrected chi connectivity index (χ4v) is 9.85. The normalized spacial score (nSPS) is 13.4. The predicted octanol–water partition coefficient (Wildman–Crippen LogP) is 16.9. The molecular weight excluding hydrogens is 911 g/mol. The molecule has 0 aromatic heterocycles. The summed E-state index contributed by atoms with van der Waals surface area (Å²) in [4.78, 5) is 38.9. The largest absolute Gasteiger partial charge is 0.464 e. The molecule has 416 valence electrons. The van der Waals surface area contributed by atoms with Crippen molar-refractivity contribution in [1.82, 2.24) is 5.32 Å². The molecule has 0 spiro atoms. The maximum atomic E-state index is 13.3. The SMILES string of the molecule is CCCCCCCCC=CCCCCCCCC(=O)OCC(NC)C(COC(=O)CCCCCCCC=CCCCCCCCC)(COC(=O)CCCCCCCC=CCCCCCCCC)S(=O)(=O)O. The summed E-state index contributed by atoms with van der Waals surface area (Å²) in [6.45, 7) is 4.75. The van der Waals surface area contributed by atoms with Crippen LogP contribution in [0.4, 0.5) is 0 Å². The van der Waals surface area contributed by atoms with Crippen LogP contribution in [0, 0.1) is 0 Å². The van der Waals surface area contributed by atoms with Gasteiger partial charge in [0.2, 0.25) is 0 Å². The van der Waals surface area contributed by atoms with Crippen molar-refractivity contribution in [1.29, 1.82) is 0 Å². The molecule has 0 heterocycles. The molecule has 10 nitrogen and oxygen atoms in total. The lowest BCUT2D eigenvalue weighted by Gasteiger charge is -2.36. The molecule has 0 radical (unpaired) electrons. The Kier molecular flexibility index (Phi) is 49.2. The number of likely N-dealkylation sites (N-methyl/N-ethyl adjacent to an activating group) is 1. The van der Waals surface area contributed by atoms with Crippen molar-refractivity contribution >= 4 is 28.0 Å². The number of allylic oxidation sites excluding steroid dienone is 6. The Morgan fingerprint density at radius 1 is 0.408 bits per heavy atom. The summed E-state index contributed by atoms with van der Waals surface area (Å²) >= 11 is 0. The van der Waals surface area contributed by atoms with Crippen LogP contribution >= 0.6 is 0 Å². The first kappa shape index (κ1) is 68.5. The Hall–Kier alpha value is -2.50. The number of ether oxygens (including phenoxy) is 3. The van der Waals surface area contributed by atoms with Gasteiger partial charge in [-0.3, -0.25) is 18.9 Å². The highest BCUT2D eigenvalue weighted by Crippen LogP contribution is 2.26. The molecule has 11 heteroatoms. The second kappa shape index (κ2) is 51.0. The number of nitrogens with one attached hydrogen (secondary N) is 1. The number of carbonyl (C=O) groups excluding carboxylic acids is 3. The zero-order valence-corrected chi connectivity index (χ0v) is 47.3. The van der Waals surface area contributed by atoms with Gasteiger partial charge in [0, 0.05) is 19.3 Å². The van der Waals surface area contributed by atoms with Crippen LogP contribution in [0.3, 0.4) is 0 Å². The maximum absolute atomic E-state index is 13.3. The summed E-state index contributed by atoms with van der Waals surface area (Å²) in [5.74, 6) is -1.70. The van der Waals surface area contributed by atoms with Gasteiger partial charge in [-0.2, -0.15) is 8.42 Å². The van der Waals surface area contributed by atoms with Gasteiger partial charge in [0.05, 0.1) is 6.04 Å². The molecule has 0 saturated heterocycles. The van der Waals surface area contributed by atoms with Gasteiger partial charge in [-0.05, 0) is 103 Å². The third kappa shape index (κ3) is 42.5. The molecule has 1 unspecified atom stereocenters. The van der Waals surface area contributed by atoms with Crippen LogP contribution in [0.25, 0.3) is 0 Å². The van der Waals surface area contributed by atoms with Crippen molar-refractivity contribution < 1.29 is 41.6 Å². The minimum absolute atomic E-state index is 0.0874. The van der Waals surface area contributed by atoms with E-state index in [9.17, 15) is 27.4 Å². The Balaban J connectivity index is 5.09. The highest BCUT2D eigenvalue weighted by Gasteiger charge is 2.53. The van der Waals surface area contributed by atoms with Crippen molar-refractivity contribution in [2.24, 2.45) is 0 Å². The third-order valence-electron chi connectivity index (χ3n) is 13.8. The van der Waals surface area contributed by atoms with Gasteiger partial charge in [-0.25, -0.2) is 0 Å². The first-order valence-electron chi connectivity index (χ1n) is 29.6. The Labute approximate surface area is 437 Å².